The third kappa shape index (κ3) is 10.4. The van der Waals surface area contributed by atoms with Gasteiger partial charge in [0.15, 0.2) is 0 Å². The lowest BCUT2D eigenvalue weighted by molar-refractivity contribution is -0.491. The van der Waals surface area contributed by atoms with Crippen LogP contribution in [0, 0.1) is 16.0 Å². The molecule has 220 valence electrons. The zero-order chi connectivity index (χ0) is 30.0. The number of nitro groups is 1. The van der Waals surface area contributed by atoms with Crippen molar-refractivity contribution in [1.82, 2.24) is 20.2 Å². The summed E-state index contributed by atoms with van der Waals surface area (Å²) in [4.78, 5) is 58.8. The summed E-state index contributed by atoms with van der Waals surface area (Å²) < 4.78 is 5.48. The molecule has 0 radical (unpaired) electrons. The smallest absolute Gasteiger partial charge is 0.417 e. The van der Waals surface area contributed by atoms with Crippen molar-refractivity contribution in [3.05, 3.63) is 64.2 Å². The Morgan fingerprint density at radius 1 is 1.20 bits per heavy atom. The standard InChI is InChI=1S/C27H40N6O7/c1-17(2)11-22(23(34)15-32(38)39)33(26(37)40-27(3,4)5)25(36)21(13-19-14-29-16-30-19)31-24(35)20(28)12-18-9-7-6-8-10-18/h6-10,14,16-17,20-23,34H,11-13,15,28H2,1-5H3,(H,29,30)(H,31,35)/t20-,21-,22-,23?/m0/s1. The molecule has 1 unspecified atom stereocenters. The Labute approximate surface area is 233 Å². The Balaban J connectivity index is 2.47. The molecule has 0 saturated heterocycles. The molecule has 13 nitrogen and oxygen atoms in total. The fourth-order valence-corrected chi connectivity index (χ4v) is 4.11. The minimum atomic E-state index is -1.68. The first-order chi connectivity index (χ1) is 18.7. The fourth-order valence-electron chi connectivity index (χ4n) is 4.11. The zero-order valence-electron chi connectivity index (χ0n) is 23.6. The number of carbonyl (C=O) groups is 3. The van der Waals surface area contributed by atoms with Crippen molar-refractivity contribution in [2.24, 2.45) is 11.7 Å². The van der Waals surface area contributed by atoms with Gasteiger partial charge in [0.1, 0.15) is 17.7 Å². The number of aromatic nitrogens is 2. The van der Waals surface area contributed by atoms with Crippen LogP contribution in [0.5, 0.6) is 0 Å². The highest BCUT2D eigenvalue weighted by atomic mass is 16.6. The lowest BCUT2D eigenvalue weighted by Crippen LogP contribution is -2.60. The Morgan fingerprint density at radius 2 is 1.85 bits per heavy atom. The Morgan fingerprint density at radius 3 is 2.38 bits per heavy atom. The molecule has 0 aliphatic carbocycles. The third-order valence-electron chi connectivity index (χ3n) is 5.87. The lowest BCUT2D eigenvalue weighted by atomic mass is 9.96. The van der Waals surface area contributed by atoms with E-state index in [4.69, 9.17) is 10.5 Å². The van der Waals surface area contributed by atoms with Crippen LogP contribution < -0.4 is 11.1 Å². The first-order valence-electron chi connectivity index (χ1n) is 13.1. The molecule has 0 saturated carbocycles. The average molecular weight is 561 g/mol. The van der Waals surface area contributed by atoms with E-state index in [9.17, 15) is 29.6 Å². The number of nitrogens with zero attached hydrogens (tertiary/aromatic N) is 3. The maximum atomic E-state index is 14.1. The van der Waals surface area contributed by atoms with Crippen molar-refractivity contribution in [3.8, 4) is 0 Å². The van der Waals surface area contributed by atoms with Crippen LogP contribution in [0.4, 0.5) is 4.79 Å². The minimum absolute atomic E-state index is 0.0522. The van der Waals surface area contributed by atoms with Crippen LogP contribution in [0.1, 0.15) is 52.3 Å². The number of carbonyl (C=O) groups excluding carboxylic acids is 3. The van der Waals surface area contributed by atoms with E-state index in [1.165, 1.54) is 12.5 Å². The van der Waals surface area contributed by atoms with Gasteiger partial charge in [-0.05, 0) is 45.1 Å². The van der Waals surface area contributed by atoms with Gasteiger partial charge in [-0.3, -0.25) is 19.7 Å². The Hall–Kier alpha value is -3.84. The number of amides is 3. The molecule has 13 heteroatoms. The lowest BCUT2D eigenvalue weighted by Gasteiger charge is -2.36. The number of aliphatic hydroxyl groups is 1. The summed E-state index contributed by atoms with van der Waals surface area (Å²) in [6, 6.07) is 5.43. The number of nitrogens with two attached hydrogens (primary N) is 1. The summed E-state index contributed by atoms with van der Waals surface area (Å²) in [5, 5.41) is 24.7. The molecule has 2 rings (SSSR count). The summed E-state index contributed by atoms with van der Waals surface area (Å²) in [5.41, 5.74) is 6.35. The molecule has 0 spiro atoms. The van der Waals surface area contributed by atoms with Crippen LogP contribution in [-0.2, 0) is 27.2 Å². The maximum absolute atomic E-state index is 14.1. The molecule has 4 atom stereocenters. The molecular weight excluding hydrogens is 520 g/mol. The minimum Gasteiger partial charge on any atom is -0.443 e. The Bertz CT molecular complexity index is 1120. The number of aromatic amines is 1. The molecule has 3 amide bonds. The number of rotatable bonds is 13. The number of imide groups is 1. The SMILES string of the molecule is CC(C)C[C@@H](C(O)C[N+](=O)[O-])N(C(=O)OC(C)(C)C)C(=O)[C@H](Cc1c[nH]cn1)NC(=O)[C@@H](N)Cc1ccccc1. The van der Waals surface area contributed by atoms with Gasteiger partial charge in [0.2, 0.25) is 12.5 Å². The molecule has 2 aromatic rings. The van der Waals surface area contributed by atoms with Crippen LogP contribution in [0.25, 0.3) is 0 Å². The van der Waals surface area contributed by atoms with E-state index in [1.807, 2.05) is 30.3 Å². The van der Waals surface area contributed by atoms with Gasteiger partial charge in [-0.2, -0.15) is 0 Å². The number of hydrogen-bond donors (Lipinski definition) is 4. The predicted octanol–water partition coefficient (Wildman–Crippen LogP) is 1.82. The zero-order valence-corrected chi connectivity index (χ0v) is 23.6. The van der Waals surface area contributed by atoms with Gasteiger partial charge in [0.05, 0.1) is 24.1 Å². The quantitative estimate of drug-likeness (QED) is 0.209. The number of benzene rings is 1. The summed E-state index contributed by atoms with van der Waals surface area (Å²) in [7, 11) is 0. The van der Waals surface area contributed by atoms with Crippen LogP contribution in [-0.4, -0.2) is 79.2 Å². The molecule has 40 heavy (non-hydrogen) atoms. The van der Waals surface area contributed by atoms with Crippen LogP contribution in [0.15, 0.2) is 42.9 Å². The Kier molecular flexibility index (Phi) is 11.7. The first kappa shape index (κ1) is 32.4. The van der Waals surface area contributed by atoms with Crippen LogP contribution in [0.3, 0.4) is 0 Å². The van der Waals surface area contributed by atoms with Crippen molar-refractivity contribution in [2.75, 3.05) is 6.54 Å². The highest BCUT2D eigenvalue weighted by Crippen LogP contribution is 2.22. The highest BCUT2D eigenvalue weighted by Gasteiger charge is 2.42. The molecule has 5 N–H and O–H groups in total. The molecule has 0 fully saturated rings. The van der Waals surface area contributed by atoms with E-state index in [2.05, 4.69) is 15.3 Å². The van der Waals surface area contributed by atoms with Crippen molar-refractivity contribution >= 4 is 17.9 Å². The largest absolute Gasteiger partial charge is 0.443 e. The normalized spacial score (nSPS) is 14.6. The van der Waals surface area contributed by atoms with Crippen molar-refractivity contribution in [2.45, 2.75) is 83.7 Å². The van der Waals surface area contributed by atoms with Gasteiger partial charge in [-0.1, -0.05) is 44.2 Å². The van der Waals surface area contributed by atoms with E-state index in [-0.39, 0.29) is 25.2 Å². The van der Waals surface area contributed by atoms with Gasteiger partial charge < -0.3 is 25.9 Å². The summed E-state index contributed by atoms with van der Waals surface area (Å²) in [6.45, 7) is 7.48. The van der Waals surface area contributed by atoms with E-state index in [1.54, 1.807) is 34.6 Å². The van der Waals surface area contributed by atoms with Gasteiger partial charge in [0.25, 0.3) is 5.91 Å². The second-order valence-electron chi connectivity index (χ2n) is 11.1. The summed E-state index contributed by atoms with van der Waals surface area (Å²) in [6.07, 6.45) is 0.275. The monoisotopic (exact) mass is 560 g/mol. The van der Waals surface area contributed by atoms with Crippen molar-refractivity contribution in [1.29, 1.82) is 0 Å². The molecule has 0 bridgehead atoms. The van der Waals surface area contributed by atoms with Gasteiger partial charge in [-0.25, -0.2) is 14.7 Å². The average Bonchev–Trinajstić information content (AvgIpc) is 3.35. The van der Waals surface area contributed by atoms with E-state index >= 15 is 0 Å². The van der Waals surface area contributed by atoms with Gasteiger partial charge >= 0.3 is 6.09 Å². The fraction of sp³-hybridized carbons (Fsp3) is 0.556. The van der Waals surface area contributed by atoms with Crippen molar-refractivity contribution < 1.29 is 29.2 Å². The molecule has 1 aromatic heterocycles. The second-order valence-corrected chi connectivity index (χ2v) is 11.1. The van der Waals surface area contributed by atoms with Gasteiger partial charge in [0, 0.05) is 17.5 Å². The number of nitrogens with one attached hydrogen (secondary N) is 2. The van der Waals surface area contributed by atoms with Crippen molar-refractivity contribution in [3.63, 3.8) is 0 Å². The first-order valence-corrected chi connectivity index (χ1v) is 13.1. The number of ether oxygens (including phenoxy) is 1. The van der Waals surface area contributed by atoms with E-state index < -0.39 is 59.2 Å². The van der Waals surface area contributed by atoms with Crippen LogP contribution >= 0.6 is 0 Å². The van der Waals surface area contributed by atoms with E-state index in [0.717, 1.165) is 5.56 Å². The second kappa shape index (κ2) is 14.5. The number of aliphatic hydroxyl groups excluding tert-OH is 1. The number of hydrogen-bond acceptors (Lipinski definition) is 9. The summed E-state index contributed by atoms with van der Waals surface area (Å²) >= 11 is 0. The number of imidazole rings is 1. The van der Waals surface area contributed by atoms with Gasteiger partial charge in [-0.15, -0.1) is 0 Å². The molecule has 1 aromatic carbocycles. The predicted molar refractivity (Wildman–Crippen MR) is 147 cm³/mol. The molecule has 0 aliphatic rings. The topological polar surface area (TPSA) is 194 Å². The third-order valence-corrected chi connectivity index (χ3v) is 5.87. The molecular formula is C27H40N6O7. The molecule has 0 aliphatic heterocycles. The number of H-pyrrole nitrogens is 1. The molecule has 1 heterocycles. The highest BCUT2D eigenvalue weighted by molar-refractivity contribution is 5.98. The van der Waals surface area contributed by atoms with Crippen LogP contribution in [0.2, 0.25) is 0 Å². The maximum Gasteiger partial charge on any atom is 0.417 e. The summed E-state index contributed by atoms with van der Waals surface area (Å²) in [5.74, 6) is -1.72. The van der Waals surface area contributed by atoms with E-state index in [0.29, 0.717) is 10.6 Å².